The molecule has 1 aromatic carbocycles. The van der Waals surface area contributed by atoms with E-state index < -0.39 is 0 Å². The lowest BCUT2D eigenvalue weighted by Crippen LogP contribution is -2.21. The van der Waals surface area contributed by atoms with E-state index in [1.807, 2.05) is 30.8 Å². The zero-order valence-corrected chi connectivity index (χ0v) is 14.6. The maximum Gasteiger partial charge on any atom is 0.131 e. The molecule has 0 atom stereocenters. The largest absolute Gasteiger partial charge is 0.487 e. The lowest BCUT2D eigenvalue weighted by molar-refractivity contribution is 0.293. The number of hydrogen-bond acceptors (Lipinski definition) is 3. The van der Waals surface area contributed by atoms with E-state index in [1.165, 1.54) is 5.56 Å². The third-order valence-corrected chi connectivity index (χ3v) is 4.28. The predicted octanol–water partition coefficient (Wildman–Crippen LogP) is 3.57. The third-order valence-electron chi connectivity index (χ3n) is 3.25. The Balaban J connectivity index is 2.01. The summed E-state index contributed by atoms with van der Waals surface area (Å²) in [6, 6.07) is 8.66. The van der Waals surface area contributed by atoms with Crippen LogP contribution in [0.15, 0.2) is 28.7 Å². The summed E-state index contributed by atoms with van der Waals surface area (Å²) in [6.45, 7) is 7.61. The molecule has 0 aliphatic rings. The highest BCUT2D eigenvalue weighted by atomic mass is 79.9. The summed E-state index contributed by atoms with van der Waals surface area (Å²) in [4.78, 5) is 0. The van der Waals surface area contributed by atoms with Crippen molar-refractivity contribution >= 4 is 15.9 Å². The van der Waals surface area contributed by atoms with Crippen LogP contribution in [0.5, 0.6) is 5.75 Å². The molecule has 0 saturated heterocycles. The maximum atomic E-state index is 5.90. The van der Waals surface area contributed by atoms with Gasteiger partial charge in [0.25, 0.3) is 0 Å². The van der Waals surface area contributed by atoms with Gasteiger partial charge >= 0.3 is 0 Å². The van der Waals surface area contributed by atoms with E-state index in [9.17, 15) is 0 Å². The average molecular weight is 352 g/mol. The Morgan fingerprint density at radius 1 is 1.38 bits per heavy atom. The Kier molecular flexibility index (Phi) is 5.42. The molecule has 0 spiro atoms. The van der Waals surface area contributed by atoms with Crippen molar-refractivity contribution in [1.82, 2.24) is 15.1 Å². The van der Waals surface area contributed by atoms with Crippen LogP contribution in [0, 0.1) is 6.92 Å². The SMILES string of the molecule is Cc1nn(C)c(COc2cccc(CNC(C)C)c2)c1Br. The van der Waals surface area contributed by atoms with Crippen molar-refractivity contribution in [3.63, 3.8) is 0 Å². The minimum absolute atomic E-state index is 0.475. The summed E-state index contributed by atoms with van der Waals surface area (Å²) < 4.78 is 8.76. The zero-order chi connectivity index (χ0) is 15.4. The smallest absolute Gasteiger partial charge is 0.131 e. The summed E-state index contributed by atoms with van der Waals surface area (Å²) in [5.74, 6) is 0.879. The fourth-order valence-electron chi connectivity index (χ4n) is 2.06. The molecule has 2 rings (SSSR count). The van der Waals surface area contributed by atoms with Gasteiger partial charge < -0.3 is 10.1 Å². The highest BCUT2D eigenvalue weighted by Gasteiger charge is 2.11. The van der Waals surface area contributed by atoms with Crippen LogP contribution < -0.4 is 10.1 Å². The van der Waals surface area contributed by atoms with Crippen molar-refractivity contribution in [3.8, 4) is 5.75 Å². The first-order chi connectivity index (χ1) is 9.97. The van der Waals surface area contributed by atoms with Gasteiger partial charge in [-0.3, -0.25) is 4.68 Å². The molecule has 21 heavy (non-hydrogen) atoms. The number of halogens is 1. The van der Waals surface area contributed by atoms with Gasteiger partial charge in [-0.1, -0.05) is 26.0 Å². The zero-order valence-electron chi connectivity index (χ0n) is 13.0. The number of nitrogens with zero attached hydrogens (tertiary/aromatic N) is 2. The van der Waals surface area contributed by atoms with Crippen molar-refractivity contribution in [1.29, 1.82) is 0 Å². The first-order valence-corrected chi connectivity index (χ1v) is 7.89. The Morgan fingerprint density at radius 3 is 2.76 bits per heavy atom. The Bertz CT molecular complexity index is 608. The topological polar surface area (TPSA) is 39.1 Å². The van der Waals surface area contributed by atoms with Crippen molar-refractivity contribution in [2.24, 2.45) is 7.05 Å². The first kappa shape index (κ1) is 16.0. The summed E-state index contributed by atoms with van der Waals surface area (Å²) in [6.07, 6.45) is 0. The molecule has 0 fully saturated rings. The number of aryl methyl sites for hydroxylation is 2. The van der Waals surface area contributed by atoms with Crippen molar-refractivity contribution < 1.29 is 4.74 Å². The second-order valence-corrected chi connectivity index (χ2v) is 6.23. The number of nitrogens with one attached hydrogen (secondary N) is 1. The van der Waals surface area contributed by atoms with Crippen LogP contribution in [0.3, 0.4) is 0 Å². The van der Waals surface area contributed by atoms with E-state index in [0.29, 0.717) is 12.6 Å². The Labute approximate surface area is 134 Å². The molecular weight excluding hydrogens is 330 g/mol. The van der Waals surface area contributed by atoms with Gasteiger partial charge in [-0.2, -0.15) is 5.10 Å². The van der Waals surface area contributed by atoms with Gasteiger partial charge in [0.05, 0.1) is 15.9 Å². The Morgan fingerprint density at radius 2 is 2.14 bits per heavy atom. The second-order valence-electron chi connectivity index (χ2n) is 5.44. The van der Waals surface area contributed by atoms with Crippen LogP contribution in [0.2, 0.25) is 0 Å². The van der Waals surface area contributed by atoms with Gasteiger partial charge in [-0.25, -0.2) is 0 Å². The average Bonchev–Trinajstić information content (AvgIpc) is 2.68. The third kappa shape index (κ3) is 4.32. The maximum absolute atomic E-state index is 5.90. The molecule has 0 radical (unpaired) electrons. The van der Waals surface area contributed by atoms with Crippen molar-refractivity contribution in [3.05, 3.63) is 45.7 Å². The van der Waals surface area contributed by atoms with Crippen LogP contribution in [0.25, 0.3) is 0 Å². The van der Waals surface area contributed by atoms with E-state index in [2.05, 4.69) is 52.3 Å². The molecule has 1 heterocycles. The van der Waals surface area contributed by atoms with Gasteiger partial charge in [0.1, 0.15) is 12.4 Å². The van der Waals surface area contributed by atoms with Crippen LogP contribution in [0.1, 0.15) is 30.8 Å². The summed E-state index contributed by atoms with van der Waals surface area (Å²) in [7, 11) is 1.93. The molecule has 1 aromatic heterocycles. The monoisotopic (exact) mass is 351 g/mol. The molecule has 4 nitrogen and oxygen atoms in total. The lowest BCUT2D eigenvalue weighted by Gasteiger charge is -2.11. The fraction of sp³-hybridized carbons (Fsp3) is 0.438. The van der Waals surface area contributed by atoms with Crippen molar-refractivity contribution in [2.75, 3.05) is 0 Å². The number of benzene rings is 1. The van der Waals surface area contributed by atoms with Gasteiger partial charge in [0.15, 0.2) is 0 Å². The number of ether oxygens (including phenoxy) is 1. The van der Waals surface area contributed by atoms with Crippen LogP contribution in [0.4, 0.5) is 0 Å². The fourth-order valence-corrected chi connectivity index (χ4v) is 2.51. The molecule has 114 valence electrons. The van der Waals surface area contributed by atoms with E-state index in [1.54, 1.807) is 0 Å². The van der Waals surface area contributed by atoms with E-state index >= 15 is 0 Å². The first-order valence-electron chi connectivity index (χ1n) is 7.10. The minimum atomic E-state index is 0.475. The summed E-state index contributed by atoms with van der Waals surface area (Å²) in [5.41, 5.74) is 3.24. The lowest BCUT2D eigenvalue weighted by atomic mass is 10.2. The number of rotatable bonds is 6. The highest BCUT2D eigenvalue weighted by Crippen LogP contribution is 2.22. The quantitative estimate of drug-likeness (QED) is 0.864. The molecule has 1 N–H and O–H groups in total. The van der Waals surface area contributed by atoms with Crippen LogP contribution in [-0.4, -0.2) is 15.8 Å². The molecular formula is C16H22BrN3O. The summed E-state index contributed by atoms with van der Waals surface area (Å²) >= 11 is 3.56. The van der Waals surface area contributed by atoms with Gasteiger partial charge in [0.2, 0.25) is 0 Å². The predicted molar refractivity (Wildman–Crippen MR) is 88.4 cm³/mol. The van der Waals surface area contributed by atoms with Crippen LogP contribution >= 0.6 is 15.9 Å². The van der Waals surface area contributed by atoms with Gasteiger partial charge in [-0.05, 0) is 40.5 Å². The standard InChI is InChI=1S/C16H22BrN3O/c1-11(2)18-9-13-6-5-7-14(8-13)21-10-15-16(17)12(3)19-20(15)4/h5-8,11,18H,9-10H2,1-4H3. The van der Waals surface area contributed by atoms with Crippen molar-refractivity contribution in [2.45, 2.75) is 40.0 Å². The normalized spacial score (nSPS) is 11.1. The Hall–Kier alpha value is -1.33. The van der Waals surface area contributed by atoms with E-state index in [-0.39, 0.29) is 0 Å². The molecule has 2 aromatic rings. The molecule has 0 bridgehead atoms. The molecule has 0 amide bonds. The molecule has 0 saturated carbocycles. The molecule has 0 aliphatic heterocycles. The highest BCUT2D eigenvalue weighted by molar-refractivity contribution is 9.10. The van der Waals surface area contributed by atoms with Crippen LogP contribution in [-0.2, 0) is 20.2 Å². The van der Waals surface area contributed by atoms with Gasteiger partial charge in [-0.15, -0.1) is 0 Å². The summed E-state index contributed by atoms with van der Waals surface area (Å²) in [5, 5.41) is 7.78. The molecule has 0 aliphatic carbocycles. The van der Waals surface area contributed by atoms with Gasteiger partial charge in [0, 0.05) is 19.6 Å². The van der Waals surface area contributed by atoms with E-state index in [0.717, 1.165) is 28.2 Å². The number of hydrogen-bond donors (Lipinski definition) is 1. The number of aromatic nitrogens is 2. The molecule has 5 heteroatoms. The second kappa shape index (κ2) is 7.09. The molecule has 0 unspecified atom stereocenters. The van der Waals surface area contributed by atoms with E-state index in [4.69, 9.17) is 4.74 Å². The minimum Gasteiger partial charge on any atom is -0.487 e.